The maximum atomic E-state index is 12.5. The minimum Gasteiger partial charge on any atom is -0.492 e. The van der Waals surface area contributed by atoms with Crippen LogP contribution in [0.4, 0.5) is 13.2 Å². The van der Waals surface area contributed by atoms with Gasteiger partial charge < -0.3 is 19.5 Å². The van der Waals surface area contributed by atoms with Crippen molar-refractivity contribution in [2.24, 2.45) is 0 Å². The number of hydrogen-bond acceptors (Lipinski definition) is 4. The lowest BCUT2D eigenvalue weighted by Gasteiger charge is -2.10. The van der Waals surface area contributed by atoms with Crippen LogP contribution in [-0.2, 0) is 17.4 Å². The van der Waals surface area contributed by atoms with Gasteiger partial charge >= 0.3 is 6.18 Å². The number of halogens is 3. The predicted molar refractivity (Wildman–Crippen MR) is 90.8 cm³/mol. The summed E-state index contributed by atoms with van der Waals surface area (Å²) in [5.74, 6) is 1.56. The molecule has 0 atom stereocenters. The van der Waals surface area contributed by atoms with Crippen molar-refractivity contribution >= 4 is 5.91 Å². The summed E-state index contributed by atoms with van der Waals surface area (Å²) in [6, 6.07) is 9.97. The molecule has 0 fully saturated rings. The number of fused-ring (bicyclic) bond motifs is 1. The van der Waals surface area contributed by atoms with E-state index < -0.39 is 11.7 Å². The van der Waals surface area contributed by atoms with E-state index in [0.29, 0.717) is 30.1 Å². The van der Waals surface area contributed by atoms with Gasteiger partial charge in [-0.25, -0.2) is 0 Å². The number of carbonyl (C=O) groups excluding carboxylic acids is 1. The van der Waals surface area contributed by atoms with Crippen LogP contribution in [0.15, 0.2) is 42.5 Å². The van der Waals surface area contributed by atoms with E-state index in [9.17, 15) is 18.0 Å². The summed E-state index contributed by atoms with van der Waals surface area (Å²) in [6.07, 6.45) is -3.51. The maximum absolute atomic E-state index is 12.5. The zero-order chi connectivity index (χ0) is 19.3. The highest BCUT2D eigenvalue weighted by Gasteiger charge is 2.30. The average molecular weight is 381 g/mol. The molecule has 144 valence electrons. The van der Waals surface area contributed by atoms with E-state index >= 15 is 0 Å². The normalized spacial score (nSPS) is 12.7. The van der Waals surface area contributed by atoms with Crippen LogP contribution in [0.2, 0.25) is 0 Å². The number of hydrogen-bond donors (Lipinski definition) is 1. The SMILES string of the molecule is O=C(CCc1ccc2c(c1)OCO2)NCCOc1ccc(C(F)(F)F)cc1. The Hall–Kier alpha value is -2.90. The number of rotatable bonds is 7. The van der Waals surface area contributed by atoms with Crippen molar-refractivity contribution in [1.29, 1.82) is 0 Å². The molecule has 2 aromatic rings. The van der Waals surface area contributed by atoms with Gasteiger partial charge in [0.1, 0.15) is 12.4 Å². The van der Waals surface area contributed by atoms with Crippen molar-refractivity contribution in [2.75, 3.05) is 19.9 Å². The van der Waals surface area contributed by atoms with Crippen molar-refractivity contribution in [1.82, 2.24) is 5.32 Å². The fourth-order valence-corrected chi connectivity index (χ4v) is 2.54. The van der Waals surface area contributed by atoms with Crippen LogP contribution in [0, 0.1) is 0 Å². The van der Waals surface area contributed by atoms with E-state index in [-0.39, 0.29) is 25.9 Å². The van der Waals surface area contributed by atoms with Gasteiger partial charge in [0.2, 0.25) is 12.7 Å². The molecule has 27 heavy (non-hydrogen) atoms. The summed E-state index contributed by atoms with van der Waals surface area (Å²) in [7, 11) is 0. The summed E-state index contributed by atoms with van der Waals surface area (Å²) in [6.45, 7) is 0.639. The first kappa shape index (κ1) is 18.9. The molecule has 0 aromatic heterocycles. The molecule has 1 N–H and O–H groups in total. The Kier molecular flexibility index (Phi) is 5.73. The number of amides is 1. The van der Waals surface area contributed by atoms with Crippen molar-refractivity contribution in [3.63, 3.8) is 0 Å². The summed E-state index contributed by atoms with van der Waals surface area (Å²) in [4.78, 5) is 11.9. The Balaban J connectivity index is 1.35. The third-order valence-electron chi connectivity index (χ3n) is 3.95. The first-order valence-corrected chi connectivity index (χ1v) is 8.37. The Morgan fingerprint density at radius 2 is 1.81 bits per heavy atom. The molecule has 2 aromatic carbocycles. The molecule has 1 aliphatic rings. The Labute approximate surface area is 154 Å². The summed E-state index contributed by atoms with van der Waals surface area (Å²) in [5.41, 5.74) is 0.238. The van der Waals surface area contributed by atoms with Gasteiger partial charge in [0.25, 0.3) is 0 Å². The van der Waals surface area contributed by atoms with Gasteiger partial charge in [-0.1, -0.05) is 6.07 Å². The predicted octanol–water partition coefficient (Wildman–Crippen LogP) is 3.56. The number of alkyl halides is 3. The van der Waals surface area contributed by atoms with E-state index in [1.54, 1.807) is 0 Å². The summed E-state index contributed by atoms with van der Waals surface area (Å²) in [5, 5.41) is 2.71. The molecule has 0 spiro atoms. The summed E-state index contributed by atoms with van der Waals surface area (Å²) < 4.78 is 53.3. The van der Waals surface area contributed by atoms with Crippen molar-refractivity contribution < 1.29 is 32.2 Å². The van der Waals surface area contributed by atoms with Gasteiger partial charge in [0.05, 0.1) is 12.1 Å². The molecule has 0 saturated heterocycles. The second-order valence-corrected chi connectivity index (χ2v) is 5.91. The van der Waals surface area contributed by atoms with Crippen molar-refractivity contribution in [2.45, 2.75) is 19.0 Å². The van der Waals surface area contributed by atoms with E-state index in [1.165, 1.54) is 12.1 Å². The molecule has 5 nitrogen and oxygen atoms in total. The lowest BCUT2D eigenvalue weighted by Crippen LogP contribution is -2.28. The first-order chi connectivity index (χ1) is 12.9. The van der Waals surface area contributed by atoms with Gasteiger partial charge in [0, 0.05) is 6.42 Å². The third kappa shape index (κ3) is 5.29. The molecule has 1 heterocycles. The van der Waals surface area contributed by atoms with Crippen LogP contribution in [0.25, 0.3) is 0 Å². The van der Waals surface area contributed by atoms with Crippen LogP contribution < -0.4 is 19.5 Å². The molecule has 3 rings (SSSR count). The minimum absolute atomic E-state index is 0.135. The maximum Gasteiger partial charge on any atom is 0.416 e. The van der Waals surface area contributed by atoms with Gasteiger partial charge in [-0.05, 0) is 48.4 Å². The van der Waals surface area contributed by atoms with Crippen molar-refractivity contribution in [3.8, 4) is 17.2 Å². The molecule has 0 aliphatic carbocycles. The number of aryl methyl sites for hydroxylation is 1. The highest BCUT2D eigenvalue weighted by molar-refractivity contribution is 5.76. The number of nitrogens with one attached hydrogen (secondary N) is 1. The molecule has 0 unspecified atom stereocenters. The number of ether oxygens (including phenoxy) is 3. The fraction of sp³-hybridized carbons (Fsp3) is 0.316. The fourth-order valence-electron chi connectivity index (χ4n) is 2.54. The molecule has 0 saturated carbocycles. The third-order valence-corrected chi connectivity index (χ3v) is 3.95. The second-order valence-electron chi connectivity index (χ2n) is 5.91. The molecule has 8 heteroatoms. The lowest BCUT2D eigenvalue weighted by molar-refractivity contribution is -0.137. The molecule has 1 amide bonds. The van der Waals surface area contributed by atoms with Gasteiger partial charge in [-0.2, -0.15) is 13.2 Å². The van der Waals surface area contributed by atoms with Crippen LogP contribution in [0.5, 0.6) is 17.2 Å². The number of benzene rings is 2. The van der Waals surface area contributed by atoms with Crippen LogP contribution >= 0.6 is 0 Å². The van der Waals surface area contributed by atoms with Crippen molar-refractivity contribution in [3.05, 3.63) is 53.6 Å². The number of carbonyl (C=O) groups is 1. The van der Waals surface area contributed by atoms with Crippen LogP contribution in [0.3, 0.4) is 0 Å². The molecule has 0 bridgehead atoms. The Bertz CT molecular complexity index is 791. The zero-order valence-electron chi connectivity index (χ0n) is 14.3. The van der Waals surface area contributed by atoms with Crippen LogP contribution in [0.1, 0.15) is 17.5 Å². The molecule has 0 radical (unpaired) electrons. The molecular formula is C19H18F3NO4. The topological polar surface area (TPSA) is 56.8 Å². The first-order valence-electron chi connectivity index (χ1n) is 8.37. The smallest absolute Gasteiger partial charge is 0.416 e. The molecule has 1 aliphatic heterocycles. The Morgan fingerprint density at radius 3 is 2.56 bits per heavy atom. The highest BCUT2D eigenvalue weighted by Crippen LogP contribution is 2.33. The average Bonchev–Trinajstić information content (AvgIpc) is 3.11. The van der Waals surface area contributed by atoms with E-state index in [2.05, 4.69) is 5.32 Å². The zero-order valence-corrected chi connectivity index (χ0v) is 14.3. The van der Waals surface area contributed by atoms with E-state index in [1.807, 2.05) is 18.2 Å². The van der Waals surface area contributed by atoms with Gasteiger partial charge in [-0.15, -0.1) is 0 Å². The quantitative estimate of drug-likeness (QED) is 0.745. The van der Waals surface area contributed by atoms with E-state index in [4.69, 9.17) is 14.2 Å². The summed E-state index contributed by atoms with van der Waals surface area (Å²) >= 11 is 0. The molecular weight excluding hydrogens is 363 g/mol. The Morgan fingerprint density at radius 1 is 1.07 bits per heavy atom. The van der Waals surface area contributed by atoms with Gasteiger partial charge in [-0.3, -0.25) is 4.79 Å². The van der Waals surface area contributed by atoms with E-state index in [0.717, 1.165) is 17.7 Å². The second kappa shape index (κ2) is 8.20. The monoisotopic (exact) mass is 381 g/mol. The highest BCUT2D eigenvalue weighted by atomic mass is 19.4. The van der Waals surface area contributed by atoms with Gasteiger partial charge in [0.15, 0.2) is 11.5 Å². The lowest BCUT2D eigenvalue weighted by atomic mass is 10.1. The minimum atomic E-state index is -4.37. The van der Waals surface area contributed by atoms with Crippen LogP contribution in [-0.4, -0.2) is 25.9 Å². The standard InChI is InChI=1S/C19H18F3NO4/c20-19(21,22)14-3-5-15(6-4-14)25-10-9-23-18(24)8-2-13-1-7-16-17(11-13)27-12-26-16/h1,3-7,11H,2,8-10,12H2,(H,23,24). The largest absolute Gasteiger partial charge is 0.492 e.